The minimum Gasteiger partial charge on any atom is -0.386 e. The molecular weight excluding hydrogens is 268 g/mol. The van der Waals surface area contributed by atoms with Gasteiger partial charge in [-0.3, -0.25) is 0 Å². The highest BCUT2D eigenvalue weighted by Gasteiger charge is 2.31. The van der Waals surface area contributed by atoms with E-state index in [0.29, 0.717) is 0 Å². The highest BCUT2D eigenvalue weighted by molar-refractivity contribution is 5.28. The first-order chi connectivity index (χ1) is 10.5. The number of hydrogen-bond donors (Lipinski definition) is 1. The third kappa shape index (κ3) is 6.67. The molecule has 1 unspecified atom stereocenters. The zero-order valence-corrected chi connectivity index (χ0v) is 14.8. The molecule has 0 heterocycles. The Bertz CT molecular complexity index is 492. The van der Waals surface area contributed by atoms with E-state index in [1.165, 1.54) is 16.7 Å². The van der Waals surface area contributed by atoms with Crippen molar-refractivity contribution >= 4 is 0 Å². The minimum absolute atomic E-state index is 0.557. The molecule has 0 saturated carbocycles. The van der Waals surface area contributed by atoms with Gasteiger partial charge in [-0.2, -0.15) is 0 Å². The molecule has 1 heteroatoms. The lowest BCUT2D eigenvalue weighted by Gasteiger charge is -2.21. The first-order valence-electron chi connectivity index (χ1n) is 8.59. The summed E-state index contributed by atoms with van der Waals surface area (Å²) in [5.41, 5.74) is 3.57. The van der Waals surface area contributed by atoms with Crippen LogP contribution in [0.2, 0.25) is 0 Å². The van der Waals surface area contributed by atoms with Crippen molar-refractivity contribution < 1.29 is 5.11 Å². The Morgan fingerprint density at radius 3 is 2.64 bits per heavy atom. The molecule has 1 nitrogen and oxygen atoms in total. The van der Waals surface area contributed by atoms with Gasteiger partial charge in [0.1, 0.15) is 0 Å². The van der Waals surface area contributed by atoms with Gasteiger partial charge in [0, 0.05) is 6.42 Å². The van der Waals surface area contributed by atoms with Crippen LogP contribution in [-0.2, 0) is 0 Å². The van der Waals surface area contributed by atoms with Crippen LogP contribution in [0.3, 0.4) is 0 Å². The van der Waals surface area contributed by atoms with Gasteiger partial charge in [0.05, 0.1) is 5.60 Å². The van der Waals surface area contributed by atoms with Crippen molar-refractivity contribution in [2.24, 2.45) is 0 Å². The summed E-state index contributed by atoms with van der Waals surface area (Å²) in [6, 6.07) is 0. The SMILES string of the molecule is CC#CCC/C=C(\C)CC/C=C/CCC1=C(C)CCC1(C)O. The van der Waals surface area contributed by atoms with Crippen LogP contribution in [0.4, 0.5) is 0 Å². The van der Waals surface area contributed by atoms with Crippen molar-refractivity contribution in [2.45, 2.75) is 84.7 Å². The third-order valence-corrected chi connectivity index (χ3v) is 4.52. The smallest absolute Gasteiger partial charge is 0.0834 e. The van der Waals surface area contributed by atoms with Crippen molar-refractivity contribution in [3.05, 3.63) is 34.9 Å². The Labute approximate surface area is 137 Å². The van der Waals surface area contributed by atoms with Gasteiger partial charge in [-0.1, -0.05) is 29.4 Å². The molecule has 1 atom stereocenters. The van der Waals surface area contributed by atoms with Crippen molar-refractivity contribution in [3.63, 3.8) is 0 Å². The summed E-state index contributed by atoms with van der Waals surface area (Å²) < 4.78 is 0. The van der Waals surface area contributed by atoms with Crippen LogP contribution in [0.1, 0.15) is 79.1 Å². The molecule has 0 fully saturated rings. The molecule has 1 rings (SSSR count). The fraction of sp³-hybridized carbons (Fsp3) is 0.619. The normalized spacial score (nSPS) is 22.3. The van der Waals surface area contributed by atoms with Crippen molar-refractivity contribution in [1.82, 2.24) is 0 Å². The minimum atomic E-state index is -0.557. The van der Waals surface area contributed by atoms with Gasteiger partial charge in [-0.25, -0.2) is 0 Å². The van der Waals surface area contributed by atoms with E-state index < -0.39 is 5.60 Å². The Balaban J connectivity index is 2.22. The van der Waals surface area contributed by atoms with Crippen LogP contribution in [0.15, 0.2) is 34.9 Å². The lowest BCUT2D eigenvalue weighted by Crippen LogP contribution is -2.22. The van der Waals surface area contributed by atoms with Gasteiger partial charge in [-0.05, 0) is 78.2 Å². The summed E-state index contributed by atoms with van der Waals surface area (Å²) in [6.45, 7) is 8.22. The number of allylic oxidation sites excluding steroid dienone is 5. The van der Waals surface area contributed by atoms with E-state index in [2.05, 4.69) is 43.9 Å². The zero-order valence-electron chi connectivity index (χ0n) is 14.8. The van der Waals surface area contributed by atoms with Gasteiger partial charge in [0.2, 0.25) is 0 Å². The number of hydrogen-bond acceptors (Lipinski definition) is 1. The lowest BCUT2D eigenvalue weighted by molar-refractivity contribution is 0.0965. The Morgan fingerprint density at radius 1 is 1.27 bits per heavy atom. The summed E-state index contributed by atoms with van der Waals surface area (Å²) in [6.07, 6.45) is 15.1. The largest absolute Gasteiger partial charge is 0.386 e. The van der Waals surface area contributed by atoms with Gasteiger partial charge < -0.3 is 5.11 Å². The standard InChI is InChI=1S/C21H32O/c1-5-6-7-10-13-18(2)14-11-8-9-12-15-20-19(3)16-17-21(20,4)22/h8-9,13,22H,7,10-12,14-17H2,1-4H3/b9-8+,18-13+. The molecule has 0 bridgehead atoms. The lowest BCUT2D eigenvalue weighted by atomic mass is 9.93. The molecule has 122 valence electrons. The molecule has 1 aliphatic carbocycles. The molecule has 22 heavy (non-hydrogen) atoms. The van der Waals surface area contributed by atoms with Crippen molar-refractivity contribution in [2.75, 3.05) is 0 Å². The molecule has 0 amide bonds. The highest BCUT2D eigenvalue weighted by Crippen LogP contribution is 2.37. The zero-order chi connectivity index (χ0) is 16.4. The summed E-state index contributed by atoms with van der Waals surface area (Å²) in [7, 11) is 0. The Kier molecular flexibility index (Phi) is 8.28. The van der Waals surface area contributed by atoms with Crippen LogP contribution in [0.25, 0.3) is 0 Å². The maximum absolute atomic E-state index is 10.3. The summed E-state index contributed by atoms with van der Waals surface area (Å²) in [4.78, 5) is 0. The molecule has 0 radical (unpaired) electrons. The molecule has 0 saturated heterocycles. The van der Waals surface area contributed by atoms with E-state index in [4.69, 9.17) is 0 Å². The molecule has 0 spiro atoms. The fourth-order valence-electron chi connectivity index (χ4n) is 3.07. The predicted octanol–water partition coefficient (Wildman–Crippen LogP) is 5.71. The number of unbranched alkanes of at least 4 members (excludes halogenated alkanes) is 1. The molecule has 1 N–H and O–H groups in total. The fourth-order valence-corrected chi connectivity index (χ4v) is 3.07. The van der Waals surface area contributed by atoms with E-state index in [1.807, 2.05) is 13.8 Å². The average molecular weight is 300 g/mol. The Morgan fingerprint density at radius 2 is 2.00 bits per heavy atom. The maximum Gasteiger partial charge on any atom is 0.0834 e. The second-order valence-corrected chi connectivity index (χ2v) is 6.60. The first kappa shape index (κ1) is 18.8. The molecular formula is C21H32O. The summed E-state index contributed by atoms with van der Waals surface area (Å²) in [5, 5.41) is 10.3. The second kappa shape index (κ2) is 9.70. The molecule has 0 aromatic heterocycles. The van der Waals surface area contributed by atoms with Crippen LogP contribution in [0.5, 0.6) is 0 Å². The van der Waals surface area contributed by atoms with E-state index in [9.17, 15) is 5.11 Å². The van der Waals surface area contributed by atoms with Crippen LogP contribution in [0, 0.1) is 11.8 Å². The molecule has 0 aromatic rings. The van der Waals surface area contributed by atoms with Gasteiger partial charge in [0.15, 0.2) is 0 Å². The molecule has 0 aliphatic heterocycles. The topological polar surface area (TPSA) is 20.2 Å². The number of rotatable bonds is 8. The van der Waals surface area contributed by atoms with Crippen molar-refractivity contribution in [3.8, 4) is 11.8 Å². The monoisotopic (exact) mass is 300 g/mol. The highest BCUT2D eigenvalue weighted by atomic mass is 16.3. The molecule has 1 aliphatic rings. The molecule has 0 aromatic carbocycles. The van der Waals surface area contributed by atoms with Crippen LogP contribution in [-0.4, -0.2) is 10.7 Å². The van der Waals surface area contributed by atoms with E-state index in [0.717, 1.165) is 51.4 Å². The first-order valence-corrected chi connectivity index (χ1v) is 8.59. The van der Waals surface area contributed by atoms with E-state index in [-0.39, 0.29) is 0 Å². The predicted molar refractivity (Wildman–Crippen MR) is 96.6 cm³/mol. The van der Waals surface area contributed by atoms with Gasteiger partial charge in [0.25, 0.3) is 0 Å². The van der Waals surface area contributed by atoms with Crippen LogP contribution < -0.4 is 0 Å². The quantitative estimate of drug-likeness (QED) is 0.345. The van der Waals surface area contributed by atoms with Gasteiger partial charge in [-0.15, -0.1) is 11.8 Å². The maximum atomic E-state index is 10.3. The Hall–Kier alpha value is -1.26. The van der Waals surface area contributed by atoms with Crippen LogP contribution >= 0.6 is 0 Å². The second-order valence-electron chi connectivity index (χ2n) is 6.60. The summed E-state index contributed by atoms with van der Waals surface area (Å²) >= 11 is 0. The van der Waals surface area contributed by atoms with E-state index in [1.54, 1.807) is 0 Å². The number of aliphatic hydroxyl groups is 1. The summed E-state index contributed by atoms with van der Waals surface area (Å²) in [5.74, 6) is 6.02. The van der Waals surface area contributed by atoms with E-state index >= 15 is 0 Å². The third-order valence-electron chi connectivity index (χ3n) is 4.52. The van der Waals surface area contributed by atoms with Gasteiger partial charge >= 0.3 is 0 Å². The van der Waals surface area contributed by atoms with Crippen molar-refractivity contribution in [1.29, 1.82) is 0 Å². The average Bonchev–Trinajstić information content (AvgIpc) is 2.73.